The molecule has 0 spiro atoms. The highest BCUT2D eigenvalue weighted by molar-refractivity contribution is 5.99. The van der Waals surface area contributed by atoms with Gasteiger partial charge in [-0.2, -0.15) is 0 Å². The molecule has 0 aromatic heterocycles. The van der Waals surface area contributed by atoms with Crippen molar-refractivity contribution in [2.45, 2.75) is 27.6 Å². The zero-order valence-electron chi connectivity index (χ0n) is 11.1. The van der Waals surface area contributed by atoms with Crippen molar-refractivity contribution in [2.75, 3.05) is 0 Å². The van der Waals surface area contributed by atoms with Crippen LogP contribution in [0.3, 0.4) is 0 Å². The van der Waals surface area contributed by atoms with Gasteiger partial charge in [-0.25, -0.2) is 0 Å². The molecule has 0 aliphatic heterocycles. The van der Waals surface area contributed by atoms with Crippen LogP contribution in [0.2, 0.25) is 0 Å². The van der Waals surface area contributed by atoms with Crippen LogP contribution in [-0.2, 0) is 0 Å². The number of carbonyl (C=O) groups is 1. The number of phenols is 2. The fraction of sp³-hybridized carbons (Fsp3) is 0.364. The van der Waals surface area contributed by atoms with Crippen LogP contribution in [0.4, 0.5) is 0 Å². The molecule has 0 unspecified atom stereocenters. The van der Waals surface area contributed by atoms with Gasteiger partial charge in [-0.05, 0) is 38.8 Å². The first-order valence-electron chi connectivity index (χ1n) is 5.91. The summed E-state index contributed by atoms with van der Waals surface area (Å²) in [6.45, 7) is 0.913. The monoisotopic (exact) mass is 197 g/mol. The molecule has 1 aromatic carbocycles. The van der Waals surface area contributed by atoms with Crippen molar-refractivity contribution >= 4 is 5.78 Å². The van der Waals surface area contributed by atoms with Crippen molar-refractivity contribution in [3.63, 3.8) is 0 Å². The Bertz CT molecular complexity index is 470. The molecule has 0 aliphatic rings. The standard InChI is InChI=1S/C11H14O3/c1-5-6(2)11(14)9(8(4)12)7(3)10(5)13/h13-14H,1-4H3/i3D,4D2. The second-order valence-electron chi connectivity index (χ2n) is 3.17. The van der Waals surface area contributed by atoms with Crippen molar-refractivity contribution in [2.24, 2.45) is 0 Å². The lowest BCUT2D eigenvalue weighted by Gasteiger charge is -2.13. The first-order chi connectivity index (χ1) is 7.82. The van der Waals surface area contributed by atoms with Gasteiger partial charge in [-0.15, -0.1) is 0 Å². The molecule has 1 rings (SSSR count). The van der Waals surface area contributed by atoms with Crippen molar-refractivity contribution in [1.29, 1.82) is 0 Å². The third-order valence-corrected chi connectivity index (χ3v) is 2.34. The Hall–Kier alpha value is -1.51. The summed E-state index contributed by atoms with van der Waals surface area (Å²) in [6.07, 6.45) is 0. The van der Waals surface area contributed by atoms with Gasteiger partial charge in [-0.3, -0.25) is 4.79 Å². The predicted molar refractivity (Wildman–Crippen MR) is 54.0 cm³/mol. The number of hydrogen-bond donors (Lipinski definition) is 2. The summed E-state index contributed by atoms with van der Waals surface area (Å²) >= 11 is 0. The second-order valence-corrected chi connectivity index (χ2v) is 3.17. The number of ketones is 1. The largest absolute Gasteiger partial charge is 0.507 e. The summed E-state index contributed by atoms with van der Waals surface area (Å²) in [5.74, 6) is -1.49. The lowest BCUT2D eigenvalue weighted by molar-refractivity contribution is 0.101. The van der Waals surface area contributed by atoms with Crippen molar-refractivity contribution in [1.82, 2.24) is 0 Å². The van der Waals surface area contributed by atoms with Crippen molar-refractivity contribution in [3.8, 4) is 11.5 Å². The maximum atomic E-state index is 11.6. The van der Waals surface area contributed by atoms with Crippen LogP contribution in [0.5, 0.6) is 11.5 Å². The quantitative estimate of drug-likeness (QED) is 0.536. The van der Waals surface area contributed by atoms with E-state index in [4.69, 9.17) is 4.11 Å². The van der Waals surface area contributed by atoms with E-state index in [1.165, 1.54) is 6.92 Å². The summed E-state index contributed by atoms with van der Waals surface area (Å²) in [4.78, 5) is 11.6. The van der Waals surface area contributed by atoms with E-state index in [-0.39, 0.29) is 22.6 Å². The minimum Gasteiger partial charge on any atom is -0.507 e. The molecular weight excluding hydrogens is 180 g/mol. The van der Waals surface area contributed by atoms with Gasteiger partial charge in [0.15, 0.2) is 5.78 Å². The summed E-state index contributed by atoms with van der Waals surface area (Å²) in [7, 11) is 0. The molecule has 14 heavy (non-hydrogen) atoms. The molecular formula is C11H14O3. The summed E-state index contributed by atoms with van der Waals surface area (Å²) < 4.78 is 21.4. The molecule has 0 saturated heterocycles. The first kappa shape index (κ1) is 6.87. The van der Waals surface area contributed by atoms with E-state index in [1.54, 1.807) is 6.92 Å². The number of phenolic OH excluding ortho intramolecular Hbond substituents is 2. The molecule has 0 radical (unpaired) electrons. The number of Topliss-reactive ketones (excluding diaryl/α,β-unsaturated/α-hetero) is 1. The Labute approximate surface area is 87.2 Å². The first-order valence-corrected chi connectivity index (χ1v) is 4.04. The number of hydrogen-bond acceptors (Lipinski definition) is 3. The van der Waals surface area contributed by atoms with Gasteiger partial charge >= 0.3 is 0 Å². The average Bonchev–Trinajstić information content (AvgIpc) is 2.29. The van der Waals surface area contributed by atoms with Gasteiger partial charge < -0.3 is 10.2 Å². The van der Waals surface area contributed by atoms with E-state index in [9.17, 15) is 15.0 Å². The number of aromatic hydroxyl groups is 2. The van der Waals surface area contributed by atoms with Crippen LogP contribution in [0, 0.1) is 20.7 Å². The summed E-state index contributed by atoms with van der Waals surface area (Å²) in [5.41, 5.74) is 0.409. The molecule has 3 nitrogen and oxygen atoms in total. The predicted octanol–water partition coefficient (Wildman–Crippen LogP) is 2.23. The topological polar surface area (TPSA) is 57.5 Å². The SMILES string of the molecule is [2H]Cc1c(O)c(C)c(C)c(O)c1C(=O)C([2H])[2H]. The molecule has 0 saturated carbocycles. The molecule has 76 valence electrons. The van der Waals surface area contributed by atoms with Gasteiger partial charge in [0, 0.05) is 9.68 Å². The van der Waals surface area contributed by atoms with Gasteiger partial charge in [-0.1, -0.05) is 0 Å². The minimum atomic E-state index is -1.78. The number of benzene rings is 1. The van der Waals surface area contributed by atoms with Crippen LogP contribution in [0.15, 0.2) is 0 Å². The molecule has 0 amide bonds. The third kappa shape index (κ3) is 1.35. The maximum Gasteiger partial charge on any atom is 0.163 e. The van der Waals surface area contributed by atoms with Crippen LogP contribution in [0.25, 0.3) is 0 Å². The Balaban J connectivity index is 3.64. The highest BCUT2D eigenvalue weighted by atomic mass is 16.3. The fourth-order valence-electron chi connectivity index (χ4n) is 1.30. The molecule has 0 aliphatic carbocycles. The Kier molecular flexibility index (Phi) is 1.63. The van der Waals surface area contributed by atoms with E-state index in [0.29, 0.717) is 11.1 Å². The van der Waals surface area contributed by atoms with E-state index in [0.717, 1.165) is 0 Å². The van der Waals surface area contributed by atoms with Crippen LogP contribution in [-0.4, -0.2) is 16.0 Å². The zero-order chi connectivity index (χ0) is 13.3. The van der Waals surface area contributed by atoms with Crippen molar-refractivity contribution in [3.05, 3.63) is 22.3 Å². The Morgan fingerprint density at radius 2 is 1.71 bits per heavy atom. The van der Waals surface area contributed by atoms with E-state index in [2.05, 4.69) is 0 Å². The minimum absolute atomic E-state index is 0.0277. The Morgan fingerprint density at radius 3 is 2.21 bits per heavy atom. The zero-order valence-corrected chi connectivity index (χ0v) is 8.09. The second kappa shape index (κ2) is 3.33. The van der Waals surface area contributed by atoms with Gasteiger partial charge in [0.25, 0.3) is 0 Å². The highest BCUT2D eigenvalue weighted by Crippen LogP contribution is 2.36. The van der Waals surface area contributed by atoms with Gasteiger partial charge in [0.1, 0.15) is 11.5 Å². The summed E-state index contributed by atoms with van der Waals surface area (Å²) in [6, 6.07) is 0. The molecule has 0 heterocycles. The molecule has 1 aromatic rings. The molecule has 0 fully saturated rings. The smallest absolute Gasteiger partial charge is 0.163 e. The third-order valence-electron chi connectivity index (χ3n) is 2.34. The fourth-order valence-corrected chi connectivity index (χ4v) is 1.30. The molecule has 3 heteroatoms. The van der Waals surface area contributed by atoms with Crippen LogP contribution < -0.4 is 0 Å². The maximum absolute atomic E-state index is 11.6. The van der Waals surface area contributed by atoms with E-state index >= 15 is 0 Å². The number of rotatable bonds is 1. The summed E-state index contributed by atoms with van der Waals surface area (Å²) in [5, 5.41) is 19.7. The van der Waals surface area contributed by atoms with Gasteiger partial charge in [0.05, 0.1) is 5.56 Å². The molecule has 0 bridgehead atoms. The van der Waals surface area contributed by atoms with Crippen LogP contribution in [0.1, 0.15) is 38.0 Å². The Morgan fingerprint density at radius 1 is 1.14 bits per heavy atom. The molecule has 2 N–H and O–H groups in total. The molecule has 0 atom stereocenters. The lowest BCUT2D eigenvalue weighted by Crippen LogP contribution is -2.00. The van der Waals surface area contributed by atoms with E-state index in [1.807, 2.05) is 0 Å². The van der Waals surface area contributed by atoms with Crippen LogP contribution >= 0.6 is 0 Å². The van der Waals surface area contributed by atoms with Crippen molar-refractivity contribution < 1.29 is 19.1 Å². The van der Waals surface area contributed by atoms with Gasteiger partial charge in [0.2, 0.25) is 0 Å². The average molecular weight is 197 g/mol. The van der Waals surface area contributed by atoms with E-state index < -0.39 is 19.6 Å². The lowest BCUT2D eigenvalue weighted by atomic mass is 9.95. The normalized spacial score (nSPS) is 13.5. The number of carbonyl (C=O) groups excluding carboxylic acids is 1. The highest BCUT2D eigenvalue weighted by Gasteiger charge is 2.18.